The molecule has 2 aliphatic rings. The molecule has 1 aliphatic heterocycles. The molecule has 7 heteroatoms. The molecule has 146 valence electrons. The summed E-state index contributed by atoms with van der Waals surface area (Å²) in [6.07, 6.45) is 6.06. The van der Waals surface area contributed by atoms with Crippen LogP contribution in [0.2, 0.25) is 0 Å². The van der Waals surface area contributed by atoms with Gasteiger partial charge in [-0.1, -0.05) is 26.7 Å². The van der Waals surface area contributed by atoms with Crippen molar-refractivity contribution < 1.29 is 4.79 Å². The number of hydrogen-bond acceptors (Lipinski definition) is 3. The van der Waals surface area contributed by atoms with E-state index >= 15 is 0 Å². The third-order valence-corrected chi connectivity index (χ3v) is 4.68. The van der Waals surface area contributed by atoms with Crippen LogP contribution < -0.4 is 10.6 Å². The molecular weight excluding hydrogens is 429 g/mol. The number of aliphatic imine (C=N–C) groups is 1. The van der Waals surface area contributed by atoms with Crippen molar-refractivity contribution in [3.8, 4) is 0 Å². The van der Waals surface area contributed by atoms with Gasteiger partial charge in [-0.05, 0) is 25.2 Å². The average molecular weight is 465 g/mol. The second-order valence-electron chi connectivity index (χ2n) is 7.47. The first-order valence-electron chi connectivity index (χ1n) is 9.55. The third-order valence-electron chi connectivity index (χ3n) is 4.68. The summed E-state index contributed by atoms with van der Waals surface area (Å²) >= 11 is 0. The van der Waals surface area contributed by atoms with Crippen LogP contribution in [0.5, 0.6) is 0 Å². The summed E-state index contributed by atoms with van der Waals surface area (Å²) in [5.74, 6) is 1.97. The first kappa shape index (κ1) is 22.5. The maximum atomic E-state index is 11.9. The molecule has 1 aliphatic carbocycles. The monoisotopic (exact) mass is 465 g/mol. The number of piperazine rings is 1. The highest BCUT2D eigenvalue weighted by molar-refractivity contribution is 14.0. The van der Waals surface area contributed by atoms with E-state index < -0.39 is 0 Å². The van der Waals surface area contributed by atoms with Crippen LogP contribution in [0.3, 0.4) is 0 Å². The number of nitrogens with one attached hydrogen (secondary N) is 2. The van der Waals surface area contributed by atoms with Gasteiger partial charge in [-0.15, -0.1) is 24.0 Å². The van der Waals surface area contributed by atoms with Crippen molar-refractivity contribution in [2.45, 2.75) is 52.0 Å². The minimum atomic E-state index is 0. The second-order valence-corrected chi connectivity index (χ2v) is 7.47. The lowest BCUT2D eigenvalue weighted by molar-refractivity contribution is -0.122. The minimum absolute atomic E-state index is 0. The molecule has 0 aromatic carbocycles. The molecule has 6 nitrogen and oxygen atoms in total. The summed E-state index contributed by atoms with van der Waals surface area (Å²) in [5, 5.41) is 6.54. The van der Waals surface area contributed by atoms with E-state index in [0.717, 1.165) is 57.4 Å². The molecule has 2 N–H and O–H groups in total. The van der Waals surface area contributed by atoms with Crippen LogP contribution in [0.25, 0.3) is 0 Å². The number of amides is 1. The Balaban J connectivity index is 0.00000312. The molecule has 25 heavy (non-hydrogen) atoms. The highest BCUT2D eigenvalue weighted by Crippen LogP contribution is 2.18. The Morgan fingerprint density at radius 3 is 2.40 bits per heavy atom. The van der Waals surface area contributed by atoms with E-state index in [4.69, 9.17) is 0 Å². The first-order chi connectivity index (χ1) is 11.6. The lowest BCUT2D eigenvalue weighted by Gasteiger charge is -2.36. The fraction of sp³-hybridized carbons (Fsp3) is 0.889. The van der Waals surface area contributed by atoms with E-state index in [-0.39, 0.29) is 29.9 Å². The van der Waals surface area contributed by atoms with Crippen LogP contribution in [0.1, 0.15) is 46.0 Å². The van der Waals surface area contributed by atoms with E-state index in [0.29, 0.717) is 12.6 Å². The summed E-state index contributed by atoms with van der Waals surface area (Å²) in [6.45, 7) is 9.78. The van der Waals surface area contributed by atoms with Gasteiger partial charge in [0, 0.05) is 45.8 Å². The van der Waals surface area contributed by atoms with Gasteiger partial charge in [0.2, 0.25) is 5.91 Å². The molecule has 0 radical (unpaired) electrons. The number of carbonyl (C=O) groups is 1. The SMILES string of the molecule is CN=C(NCCCCC(C)C)N1CCN(CC(=O)NC2CC2)CC1.I. The van der Waals surface area contributed by atoms with Crippen molar-refractivity contribution in [1.29, 1.82) is 0 Å². The summed E-state index contributed by atoms with van der Waals surface area (Å²) in [6, 6.07) is 0.456. The lowest BCUT2D eigenvalue weighted by atomic mass is 10.1. The molecule has 1 saturated carbocycles. The molecule has 1 saturated heterocycles. The third kappa shape index (κ3) is 9.08. The van der Waals surface area contributed by atoms with Crippen molar-refractivity contribution in [2.24, 2.45) is 10.9 Å². The fourth-order valence-electron chi connectivity index (χ4n) is 3.03. The molecule has 0 aromatic rings. The highest BCUT2D eigenvalue weighted by atomic mass is 127. The van der Waals surface area contributed by atoms with Gasteiger partial charge in [0.25, 0.3) is 0 Å². The maximum Gasteiger partial charge on any atom is 0.234 e. The molecular formula is C18H36IN5O. The maximum absolute atomic E-state index is 11.9. The Kier molecular flexibility index (Phi) is 10.7. The second kappa shape index (κ2) is 11.9. The van der Waals surface area contributed by atoms with Crippen molar-refractivity contribution in [3.63, 3.8) is 0 Å². The summed E-state index contributed by atoms with van der Waals surface area (Å²) in [4.78, 5) is 20.8. The molecule has 0 bridgehead atoms. The Labute approximate surface area is 170 Å². The summed E-state index contributed by atoms with van der Waals surface area (Å²) in [5.41, 5.74) is 0. The van der Waals surface area contributed by atoms with Crippen molar-refractivity contribution >= 4 is 35.8 Å². The van der Waals surface area contributed by atoms with Gasteiger partial charge in [-0.25, -0.2) is 0 Å². The zero-order chi connectivity index (χ0) is 17.4. The summed E-state index contributed by atoms with van der Waals surface area (Å²) < 4.78 is 0. The normalized spacial score (nSPS) is 18.9. The molecule has 1 heterocycles. The van der Waals surface area contributed by atoms with E-state index in [1.54, 1.807) is 0 Å². The molecule has 0 unspecified atom stereocenters. The van der Waals surface area contributed by atoms with Crippen LogP contribution in [-0.2, 0) is 4.79 Å². The number of rotatable bonds is 8. The zero-order valence-electron chi connectivity index (χ0n) is 16.1. The van der Waals surface area contributed by atoms with Gasteiger partial charge in [0.1, 0.15) is 0 Å². The van der Waals surface area contributed by atoms with Gasteiger partial charge in [0.15, 0.2) is 5.96 Å². The van der Waals surface area contributed by atoms with Crippen LogP contribution in [0.15, 0.2) is 4.99 Å². The van der Waals surface area contributed by atoms with Crippen molar-refractivity contribution in [1.82, 2.24) is 20.4 Å². The van der Waals surface area contributed by atoms with E-state index in [1.807, 2.05) is 7.05 Å². The molecule has 0 spiro atoms. The highest BCUT2D eigenvalue weighted by Gasteiger charge is 2.25. The predicted molar refractivity (Wildman–Crippen MR) is 115 cm³/mol. The Morgan fingerprint density at radius 1 is 1.16 bits per heavy atom. The van der Waals surface area contributed by atoms with Gasteiger partial charge < -0.3 is 15.5 Å². The minimum Gasteiger partial charge on any atom is -0.356 e. The number of hydrogen-bond donors (Lipinski definition) is 2. The first-order valence-corrected chi connectivity index (χ1v) is 9.55. The van der Waals surface area contributed by atoms with Crippen LogP contribution in [0, 0.1) is 5.92 Å². The molecule has 2 rings (SSSR count). The Morgan fingerprint density at radius 2 is 1.84 bits per heavy atom. The van der Waals surface area contributed by atoms with Crippen molar-refractivity contribution in [3.05, 3.63) is 0 Å². The van der Waals surface area contributed by atoms with E-state index in [2.05, 4.69) is 39.3 Å². The molecule has 1 amide bonds. The number of nitrogens with zero attached hydrogens (tertiary/aromatic N) is 3. The van der Waals surface area contributed by atoms with Gasteiger partial charge >= 0.3 is 0 Å². The Hall–Kier alpha value is -0.570. The number of carbonyl (C=O) groups excluding carboxylic acids is 1. The molecule has 0 atom stereocenters. The topological polar surface area (TPSA) is 60.0 Å². The molecule has 2 fully saturated rings. The van der Waals surface area contributed by atoms with E-state index in [1.165, 1.54) is 19.3 Å². The van der Waals surface area contributed by atoms with Gasteiger partial charge in [0.05, 0.1) is 6.54 Å². The molecule has 0 aromatic heterocycles. The average Bonchev–Trinajstić information content (AvgIpc) is 3.35. The lowest BCUT2D eigenvalue weighted by Crippen LogP contribution is -2.54. The summed E-state index contributed by atoms with van der Waals surface area (Å²) in [7, 11) is 1.85. The van der Waals surface area contributed by atoms with Crippen molar-refractivity contribution in [2.75, 3.05) is 46.3 Å². The Bertz CT molecular complexity index is 418. The largest absolute Gasteiger partial charge is 0.356 e. The fourth-order valence-corrected chi connectivity index (χ4v) is 3.03. The van der Waals surface area contributed by atoms with Crippen LogP contribution >= 0.6 is 24.0 Å². The number of halogens is 1. The quantitative estimate of drug-likeness (QED) is 0.249. The smallest absolute Gasteiger partial charge is 0.234 e. The number of unbranched alkanes of at least 4 members (excludes halogenated alkanes) is 1. The van der Waals surface area contributed by atoms with E-state index in [9.17, 15) is 4.79 Å². The van der Waals surface area contributed by atoms with Gasteiger partial charge in [-0.2, -0.15) is 0 Å². The zero-order valence-corrected chi connectivity index (χ0v) is 18.4. The predicted octanol–water partition coefficient (Wildman–Crippen LogP) is 1.90. The standard InChI is InChI=1S/C18H35N5O.HI/c1-15(2)6-4-5-9-20-18(19-3)23-12-10-22(11-13-23)14-17(24)21-16-7-8-16;/h15-16H,4-14H2,1-3H3,(H,19,20)(H,21,24);1H. The number of guanidine groups is 1. The van der Waals surface area contributed by atoms with Crippen LogP contribution in [-0.4, -0.2) is 74.0 Å². The van der Waals surface area contributed by atoms with Gasteiger partial charge in [-0.3, -0.25) is 14.7 Å². The van der Waals surface area contributed by atoms with Crippen LogP contribution in [0.4, 0.5) is 0 Å².